The molecule has 0 aromatic heterocycles. The van der Waals surface area contributed by atoms with Crippen LogP contribution in [0, 0.1) is 13.7 Å². The van der Waals surface area contributed by atoms with Crippen LogP contribution in [-0.2, 0) is 4.79 Å². The normalized spacial score (nSPS) is 11.7. The van der Waals surface area contributed by atoms with Crippen LogP contribution in [0.15, 0.2) is 18.2 Å². The molecule has 0 aliphatic carbocycles. The second-order valence-corrected chi connectivity index (χ2v) is 5.24. The zero-order chi connectivity index (χ0) is 14.4. The first-order valence-electron chi connectivity index (χ1n) is 5.94. The van der Waals surface area contributed by atoms with E-state index in [4.69, 9.17) is 0 Å². The van der Waals surface area contributed by atoms with Gasteiger partial charge in [-0.15, -0.1) is 0 Å². The summed E-state index contributed by atoms with van der Waals surface area (Å²) >= 11 is 2.01. The predicted octanol–water partition coefficient (Wildman–Crippen LogP) is 2.53. The molecule has 0 heterocycles. The van der Waals surface area contributed by atoms with Crippen LogP contribution in [0.4, 0.5) is 11.4 Å². The SMILES string of the molecule is CCCNC(=O)C(C)Nc1ccc([N+](=O)[O-])cc1I. The van der Waals surface area contributed by atoms with E-state index < -0.39 is 4.92 Å². The highest BCUT2D eigenvalue weighted by atomic mass is 127. The molecule has 0 radical (unpaired) electrons. The summed E-state index contributed by atoms with van der Waals surface area (Å²) in [4.78, 5) is 21.9. The molecule has 1 aromatic rings. The van der Waals surface area contributed by atoms with Gasteiger partial charge in [0.2, 0.25) is 5.91 Å². The van der Waals surface area contributed by atoms with Crippen LogP contribution < -0.4 is 10.6 Å². The average molecular weight is 377 g/mol. The molecule has 0 bridgehead atoms. The van der Waals surface area contributed by atoms with Crippen molar-refractivity contribution in [1.82, 2.24) is 5.32 Å². The Morgan fingerprint density at radius 1 is 1.53 bits per heavy atom. The van der Waals surface area contributed by atoms with Crippen LogP contribution in [-0.4, -0.2) is 23.4 Å². The van der Waals surface area contributed by atoms with Gasteiger partial charge in [0.15, 0.2) is 0 Å². The summed E-state index contributed by atoms with van der Waals surface area (Å²) in [6, 6.07) is 4.12. The van der Waals surface area contributed by atoms with Crippen molar-refractivity contribution in [2.45, 2.75) is 26.3 Å². The molecule has 104 valence electrons. The molecule has 0 saturated heterocycles. The Labute approximate surface area is 125 Å². The Hall–Kier alpha value is -1.38. The van der Waals surface area contributed by atoms with Gasteiger partial charge in [0.1, 0.15) is 6.04 Å². The number of hydrogen-bond donors (Lipinski definition) is 2. The molecule has 6 nitrogen and oxygen atoms in total. The Bertz CT molecular complexity index is 479. The highest BCUT2D eigenvalue weighted by molar-refractivity contribution is 14.1. The molecule has 0 aliphatic heterocycles. The first-order chi connectivity index (χ1) is 8.95. The molecule has 1 unspecified atom stereocenters. The summed E-state index contributed by atoms with van der Waals surface area (Å²) in [6.45, 7) is 4.38. The van der Waals surface area contributed by atoms with E-state index >= 15 is 0 Å². The summed E-state index contributed by atoms with van der Waals surface area (Å²) in [6.07, 6.45) is 0.882. The van der Waals surface area contributed by atoms with Gasteiger partial charge < -0.3 is 10.6 Å². The fraction of sp³-hybridized carbons (Fsp3) is 0.417. The number of non-ortho nitro benzene ring substituents is 1. The standard InChI is InChI=1S/C12H16IN3O3/c1-3-6-14-12(17)8(2)15-11-5-4-9(16(18)19)7-10(11)13/h4-5,7-8,15H,3,6H2,1-2H3,(H,14,17). The average Bonchev–Trinajstić information content (AvgIpc) is 2.37. The number of halogens is 1. The fourth-order valence-corrected chi connectivity index (χ4v) is 2.09. The van der Waals surface area contributed by atoms with Crippen molar-refractivity contribution in [1.29, 1.82) is 0 Å². The molecule has 0 fully saturated rings. The van der Waals surface area contributed by atoms with E-state index in [1.54, 1.807) is 13.0 Å². The van der Waals surface area contributed by atoms with Gasteiger partial charge in [-0.05, 0) is 42.0 Å². The fourth-order valence-electron chi connectivity index (χ4n) is 1.43. The zero-order valence-electron chi connectivity index (χ0n) is 10.8. The number of benzene rings is 1. The summed E-state index contributed by atoms with van der Waals surface area (Å²) in [5, 5.41) is 16.5. The minimum Gasteiger partial charge on any atom is -0.373 e. The molecule has 1 aromatic carbocycles. The third kappa shape index (κ3) is 4.66. The Kier molecular flexibility index (Phi) is 6.00. The largest absolute Gasteiger partial charge is 0.373 e. The molecule has 2 N–H and O–H groups in total. The van der Waals surface area contributed by atoms with E-state index in [2.05, 4.69) is 10.6 Å². The van der Waals surface area contributed by atoms with E-state index in [0.717, 1.165) is 6.42 Å². The molecule has 7 heteroatoms. The van der Waals surface area contributed by atoms with Gasteiger partial charge in [-0.25, -0.2) is 0 Å². The van der Waals surface area contributed by atoms with Gasteiger partial charge in [-0.2, -0.15) is 0 Å². The third-order valence-electron chi connectivity index (χ3n) is 2.48. The number of nitro benzene ring substituents is 1. The first kappa shape index (κ1) is 15.7. The maximum Gasteiger partial charge on any atom is 0.270 e. The maximum atomic E-state index is 11.7. The van der Waals surface area contributed by atoms with Crippen LogP contribution >= 0.6 is 22.6 Å². The quantitative estimate of drug-likeness (QED) is 0.453. The number of hydrogen-bond acceptors (Lipinski definition) is 4. The van der Waals surface area contributed by atoms with Gasteiger partial charge in [0.05, 0.1) is 4.92 Å². The molecule has 1 atom stereocenters. The number of carbonyl (C=O) groups is 1. The summed E-state index contributed by atoms with van der Waals surface area (Å²) < 4.78 is 0.710. The molecule has 1 amide bonds. The predicted molar refractivity (Wildman–Crippen MR) is 82.2 cm³/mol. The number of nitrogens with one attached hydrogen (secondary N) is 2. The second-order valence-electron chi connectivity index (χ2n) is 4.08. The molecular weight excluding hydrogens is 361 g/mol. The Balaban J connectivity index is 2.71. The number of amides is 1. The number of rotatable bonds is 6. The molecular formula is C12H16IN3O3. The van der Waals surface area contributed by atoms with Crippen molar-refractivity contribution in [3.63, 3.8) is 0 Å². The molecule has 0 aliphatic rings. The van der Waals surface area contributed by atoms with Gasteiger partial charge in [0.25, 0.3) is 5.69 Å². The first-order valence-corrected chi connectivity index (χ1v) is 7.01. The van der Waals surface area contributed by atoms with Crippen molar-refractivity contribution in [3.05, 3.63) is 31.9 Å². The van der Waals surface area contributed by atoms with Crippen LogP contribution in [0.3, 0.4) is 0 Å². The lowest BCUT2D eigenvalue weighted by atomic mass is 10.2. The maximum absolute atomic E-state index is 11.7. The van der Waals surface area contributed by atoms with Gasteiger partial charge in [0, 0.05) is 27.9 Å². The number of nitro groups is 1. The molecule has 19 heavy (non-hydrogen) atoms. The van der Waals surface area contributed by atoms with Gasteiger partial charge >= 0.3 is 0 Å². The summed E-state index contributed by atoms with van der Waals surface area (Å²) in [5.41, 5.74) is 0.753. The topological polar surface area (TPSA) is 84.3 Å². The lowest BCUT2D eigenvalue weighted by Crippen LogP contribution is -2.38. The van der Waals surface area contributed by atoms with Crippen molar-refractivity contribution < 1.29 is 9.72 Å². The van der Waals surface area contributed by atoms with Gasteiger partial charge in [-0.1, -0.05) is 6.92 Å². The van der Waals surface area contributed by atoms with Crippen LogP contribution in [0.5, 0.6) is 0 Å². The van der Waals surface area contributed by atoms with Gasteiger partial charge in [-0.3, -0.25) is 14.9 Å². The molecule has 0 spiro atoms. The number of carbonyl (C=O) groups excluding carboxylic acids is 1. The summed E-state index contributed by atoms with van der Waals surface area (Å²) in [7, 11) is 0. The smallest absolute Gasteiger partial charge is 0.270 e. The Morgan fingerprint density at radius 2 is 2.21 bits per heavy atom. The molecule has 0 saturated carbocycles. The van der Waals surface area contributed by atoms with Crippen molar-refractivity contribution >= 4 is 39.9 Å². The molecule has 1 rings (SSSR count). The summed E-state index contributed by atoms with van der Waals surface area (Å²) in [5.74, 6) is -0.0870. The highest BCUT2D eigenvalue weighted by Crippen LogP contribution is 2.24. The van der Waals surface area contributed by atoms with E-state index in [1.165, 1.54) is 12.1 Å². The second kappa shape index (κ2) is 7.27. The monoisotopic (exact) mass is 377 g/mol. The Morgan fingerprint density at radius 3 is 2.74 bits per heavy atom. The van der Waals surface area contributed by atoms with E-state index in [1.807, 2.05) is 29.5 Å². The minimum atomic E-state index is -0.441. The minimum absolute atomic E-state index is 0.0398. The lowest BCUT2D eigenvalue weighted by molar-refractivity contribution is -0.384. The van der Waals surface area contributed by atoms with Crippen molar-refractivity contribution in [3.8, 4) is 0 Å². The number of anilines is 1. The third-order valence-corrected chi connectivity index (χ3v) is 3.37. The van der Waals surface area contributed by atoms with Crippen LogP contribution in [0.1, 0.15) is 20.3 Å². The highest BCUT2D eigenvalue weighted by Gasteiger charge is 2.15. The van der Waals surface area contributed by atoms with Crippen LogP contribution in [0.25, 0.3) is 0 Å². The van der Waals surface area contributed by atoms with E-state index in [9.17, 15) is 14.9 Å². The zero-order valence-corrected chi connectivity index (χ0v) is 12.9. The van der Waals surface area contributed by atoms with E-state index in [0.29, 0.717) is 15.8 Å². The van der Waals surface area contributed by atoms with Crippen molar-refractivity contribution in [2.24, 2.45) is 0 Å². The van der Waals surface area contributed by atoms with E-state index in [-0.39, 0.29) is 17.6 Å². The number of nitrogens with zero attached hydrogens (tertiary/aromatic N) is 1. The lowest BCUT2D eigenvalue weighted by Gasteiger charge is -2.16. The van der Waals surface area contributed by atoms with Crippen LogP contribution in [0.2, 0.25) is 0 Å². The van der Waals surface area contributed by atoms with Crippen molar-refractivity contribution in [2.75, 3.05) is 11.9 Å².